The lowest BCUT2D eigenvalue weighted by molar-refractivity contribution is 0.301. The molecule has 2 N–H and O–H groups in total. The number of ether oxygens (including phenoxy) is 1. The summed E-state index contributed by atoms with van der Waals surface area (Å²) < 4.78 is 32.4. The van der Waals surface area contributed by atoms with Crippen LogP contribution in [0.15, 0.2) is 6.07 Å². The van der Waals surface area contributed by atoms with Crippen LogP contribution in [0.25, 0.3) is 0 Å². The van der Waals surface area contributed by atoms with Gasteiger partial charge >= 0.3 is 0 Å². The van der Waals surface area contributed by atoms with Crippen molar-refractivity contribution in [1.82, 2.24) is 0 Å². The molecule has 0 saturated carbocycles. The summed E-state index contributed by atoms with van der Waals surface area (Å²) in [7, 11) is 0. The average molecular weight is 280 g/mol. The maximum absolute atomic E-state index is 13.9. The van der Waals surface area contributed by atoms with Crippen LogP contribution in [0.5, 0.6) is 5.75 Å². The van der Waals surface area contributed by atoms with Gasteiger partial charge in [0.1, 0.15) is 0 Å². The molecular formula is C13H20ClF2NO. The Kier molecular flexibility index (Phi) is 7.18. The molecule has 0 spiro atoms. The third-order valence-electron chi connectivity index (χ3n) is 2.82. The lowest BCUT2D eigenvalue weighted by atomic mass is 9.99. The first-order valence-electron chi connectivity index (χ1n) is 5.87. The number of rotatable bonds is 5. The van der Waals surface area contributed by atoms with E-state index in [1.54, 1.807) is 13.8 Å². The van der Waals surface area contributed by atoms with Gasteiger partial charge in [0.05, 0.1) is 6.61 Å². The minimum Gasteiger partial charge on any atom is -0.488 e. The highest BCUT2D eigenvalue weighted by atomic mass is 35.5. The van der Waals surface area contributed by atoms with E-state index < -0.39 is 11.6 Å². The molecule has 0 aromatic heterocycles. The highest BCUT2D eigenvalue weighted by Gasteiger charge is 2.17. The number of nitrogens with two attached hydrogens (primary N) is 1. The van der Waals surface area contributed by atoms with Crippen LogP contribution in [0.4, 0.5) is 8.78 Å². The van der Waals surface area contributed by atoms with E-state index in [-0.39, 0.29) is 30.8 Å². The molecule has 0 heterocycles. The molecular weight excluding hydrogens is 260 g/mol. The Morgan fingerprint density at radius 3 is 2.44 bits per heavy atom. The van der Waals surface area contributed by atoms with Gasteiger partial charge in [-0.05, 0) is 43.9 Å². The first kappa shape index (κ1) is 17.1. The molecule has 0 saturated heterocycles. The Bertz CT molecular complexity index is 399. The summed E-state index contributed by atoms with van der Waals surface area (Å²) >= 11 is 0. The van der Waals surface area contributed by atoms with Gasteiger partial charge in [-0.25, -0.2) is 8.78 Å². The maximum atomic E-state index is 13.9. The SMILES string of the molecule is CCOc1c(F)cc(CC(N)CC)c(C)c1F.Cl. The minimum absolute atomic E-state index is 0. The third kappa shape index (κ3) is 3.82. The summed E-state index contributed by atoms with van der Waals surface area (Å²) in [5, 5.41) is 0. The van der Waals surface area contributed by atoms with Crippen molar-refractivity contribution in [1.29, 1.82) is 0 Å². The molecule has 0 radical (unpaired) electrons. The van der Waals surface area contributed by atoms with Crippen LogP contribution >= 0.6 is 12.4 Å². The molecule has 1 unspecified atom stereocenters. The highest BCUT2D eigenvalue weighted by molar-refractivity contribution is 5.85. The van der Waals surface area contributed by atoms with Crippen molar-refractivity contribution in [2.75, 3.05) is 6.61 Å². The number of halogens is 3. The first-order valence-corrected chi connectivity index (χ1v) is 5.87. The monoisotopic (exact) mass is 279 g/mol. The van der Waals surface area contributed by atoms with Crippen molar-refractivity contribution in [3.05, 3.63) is 28.8 Å². The van der Waals surface area contributed by atoms with Crippen molar-refractivity contribution in [2.24, 2.45) is 5.73 Å². The van der Waals surface area contributed by atoms with Crippen molar-refractivity contribution < 1.29 is 13.5 Å². The standard InChI is InChI=1S/C13H19F2NO.ClH/c1-4-10(16)6-9-7-11(14)13(17-5-2)12(15)8(9)3;/h7,10H,4-6,16H2,1-3H3;1H. The summed E-state index contributed by atoms with van der Waals surface area (Å²) in [5.41, 5.74) is 6.82. The van der Waals surface area contributed by atoms with Crippen LogP contribution in [0.1, 0.15) is 31.4 Å². The summed E-state index contributed by atoms with van der Waals surface area (Å²) in [5.74, 6) is -1.57. The molecule has 0 amide bonds. The van der Waals surface area contributed by atoms with Gasteiger partial charge in [-0.15, -0.1) is 12.4 Å². The smallest absolute Gasteiger partial charge is 0.190 e. The highest BCUT2D eigenvalue weighted by Crippen LogP contribution is 2.28. The maximum Gasteiger partial charge on any atom is 0.190 e. The number of benzene rings is 1. The van der Waals surface area contributed by atoms with Crippen molar-refractivity contribution in [3.63, 3.8) is 0 Å². The van der Waals surface area contributed by atoms with Crippen LogP contribution in [-0.2, 0) is 6.42 Å². The Labute approximate surface area is 113 Å². The van der Waals surface area contributed by atoms with Crippen LogP contribution < -0.4 is 10.5 Å². The van der Waals surface area contributed by atoms with Gasteiger partial charge in [-0.1, -0.05) is 6.92 Å². The average Bonchev–Trinajstić information content (AvgIpc) is 2.31. The molecule has 18 heavy (non-hydrogen) atoms. The van der Waals surface area contributed by atoms with E-state index in [2.05, 4.69) is 0 Å². The van der Waals surface area contributed by atoms with E-state index in [0.717, 1.165) is 6.42 Å². The molecule has 2 nitrogen and oxygen atoms in total. The van der Waals surface area contributed by atoms with Crippen LogP contribution in [0.3, 0.4) is 0 Å². The predicted molar refractivity (Wildman–Crippen MR) is 71.5 cm³/mol. The van der Waals surface area contributed by atoms with E-state index in [4.69, 9.17) is 10.5 Å². The van der Waals surface area contributed by atoms with E-state index in [1.165, 1.54) is 6.07 Å². The fraction of sp³-hybridized carbons (Fsp3) is 0.538. The molecule has 0 aliphatic rings. The number of hydrogen-bond acceptors (Lipinski definition) is 2. The Morgan fingerprint density at radius 2 is 1.94 bits per heavy atom. The molecule has 1 aromatic carbocycles. The topological polar surface area (TPSA) is 35.2 Å². The van der Waals surface area contributed by atoms with Gasteiger partial charge in [0.25, 0.3) is 0 Å². The van der Waals surface area contributed by atoms with Crippen LogP contribution in [0, 0.1) is 18.6 Å². The van der Waals surface area contributed by atoms with Crippen molar-refractivity contribution >= 4 is 12.4 Å². The summed E-state index contributed by atoms with van der Waals surface area (Å²) in [6.07, 6.45) is 1.25. The Balaban J connectivity index is 0.00000289. The Morgan fingerprint density at radius 1 is 1.33 bits per heavy atom. The van der Waals surface area contributed by atoms with E-state index in [1.807, 2.05) is 6.92 Å². The molecule has 0 fully saturated rings. The van der Waals surface area contributed by atoms with Gasteiger partial charge < -0.3 is 10.5 Å². The summed E-state index contributed by atoms with van der Waals surface area (Å²) in [6.45, 7) is 5.49. The first-order chi connectivity index (χ1) is 8.01. The molecule has 0 aliphatic carbocycles. The molecule has 1 rings (SSSR count). The summed E-state index contributed by atoms with van der Waals surface area (Å²) in [6, 6.07) is 1.24. The second-order valence-corrected chi connectivity index (χ2v) is 4.09. The number of hydrogen-bond donors (Lipinski definition) is 1. The zero-order valence-electron chi connectivity index (χ0n) is 10.9. The van der Waals surface area contributed by atoms with Gasteiger partial charge in [0, 0.05) is 6.04 Å². The molecule has 104 valence electrons. The molecule has 0 bridgehead atoms. The van der Waals surface area contributed by atoms with Crippen LogP contribution in [-0.4, -0.2) is 12.6 Å². The second-order valence-electron chi connectivity index (χ2n) is 4.09. The van der Waals surface area contributed by atoms with Crippen LogP contribution in [0.2, 0.25) is 0 Å². The van der Waals surface area contributed by atoms with E-state index in [9.17, 15) is 8.78 Å². The minimum atomic E-state index is -0.659. The van der Waals surface area contributed by atoms with E-state index in [0.29, 0.717) is 17.5 Å². The zero-order valence-corrected chi connectivity index (χ0v) is 11.7. The van der Waals surface area contributed by atoms with Gasteiger partial charge in [0.15, 0.2) is 17.4 Å². The largest absolute Gasteiger partial charge is 0.488 e. The second kappa shape index (κ2) is 7.54. The van der Waals surface area contributed by atoms with Crippen molar-refractivity contribution in [2.45, 2.75) is 39.7 Å². The lowest BCUT2D eigenvalue weighted by Gasteiger charge is -2.15. The van der Waals surface area contributed by atoms with Gasteiger partial charge in [0.2, 0.25) is 0 Å². The zero-order chi connectivity index (χ0) is 13.0. The fourth-order valence-electron chi connectivity index (χ4n) is 1.66. The molecule has 5 heteroatoms. The lowest BCUT2D eigenvalue weighted by Crippen LogP contribution is -2.22. The van der Waals surface area contributed by atoms with Gasteiger partial charge in [-0.3, -0.25) is 0 Å². The fourth-order valence-corrected chi connectivity index (χ4v) is 1.66. The third-order valence-corrected chi connectivity index (χ3v) is 2.82. The van der Waals surface area contributed by atoms with Crippen molar-refractivity contribution in [3.8, 4) is 5.75 Å². The molecule has 0 aliphatic heterocycles. The molecule has 1 aromatic rings. The van der Waals surface area contributed by atoms with Gasteiger partial charge in [-0.2, -0.15) is 0 Å². The van der Waals surface area contributed by atoms with E-state index >= 15 is 0 Å². The summed E-state index contributed by atoms with van der Waals surface area (Å²) in [4.78, 5) is 0. The Hall–Kier alpha value is -0.870. The molecule has 1 atom stereocenters. The predicted octanol–water partition coefficient (Wildman–Crippen LogP) is 3.37. The quantitative estimate of drug-likeness (QED) is 0.897. The normalized spacial score (nSPS) is 11.9.